The minimum Gasteiger partial charge on any atom is -0.334 e. The van der Waals surface area contributed by atoms with Gasteiger partial charge in [0.05, 0.1) is 0 Å². The largest absolute Gasteiger partial charge is 0.334 e. The fourth-order valence-corrected chi connectivity index (χ4v) is 3.50. The first-order valence-electron chi connectivity index (χ1n) is 9.21. The number of anilines is 1. The standard InChI is InChI=1S/C23H27N3O/c1-15-6-8-22(9-7-15)26-18(4)13-20(19(26)5)14-24-23(27)25-21-11-16(2)10-17(3)12-21/h6-13H,14H2,1-5H3,(H2,24,25,27). The molecule has 4 nitrogen and oxygen atoms in total. The third-order valence-corrected chi connectivity index (χ3v) is 4.75. The first kappa shape index (κ1) is 18.8. The van der Waals surface area contributed by atoms with E-state index < -0.39 is 0 Å². The lowest BCUT2D eigenvalue weighted by molar-refractivity contribution is 0.251. The number of hydrogen-bond donors (Lipinski definition) is 2. The van der Waals surface area contributed by atoms with Crippen molar-refractivity contribution in [3.8, 4) is 5.69 Å². The van der Waals surface area contributed by atoms with Gasteiger partial charge in [-0.3, -0.25) is 0 Å². The van der Waals surface area contributed by atoms with E-state index in [9.17, 15) is 4.79 Å². The SMILES string of the molecule is Cc1ccc(-n2c(C)cc(CNC(=O)Nc3cc(C)cc(C)c3)c2C)cc1. The van der Waals surface area contributed by atoms with Gasteiger partial charge in [-0.25, -0.2) is 4.79 Å². The Hall–Kier alpha value is -3.01. The molecule has 0 fully saturated rings. The maximum absolute atomic E-state index is 12.3. The van der Waals surface area contributed by atoms with Crippen molar-refractivity contribution in [1.29, 1.82) is 0 Å². The Morgan fingerprint density at radius 1 is 0.852 bits per heavy atom. The van der Waals surface area contributed by atoms with Crippen LogP contribution in [0.15, 0.2) is 48.5 Å². The van der Waals surface area contributed by atoms with Crippen LogP contribution in [-0.4, -0.2) is 10.6 Å². The molecule has 1 heterocycles. The highest BCUT2D eigenvalue weighted by atomic mass is 16.2. The molecular formula is C23H27N3O. The van der Waals surface area contributed by atoms with Gasteiger partial charge in [-0.15, -0.1) is 0 Å². The molecule has 1 aromatic heterocycles. The quantitative estimate of drug-likeness (QED) is 0.647. The number of hydrogen-bond acceptors (Lipinski definition) is 1. The fraction of sp³-hybridized carbons (Fsp3) is 0.261. The van der Waals surface area contributed by atoms with Crippen molar-refractivity contribution in [3.05, 3.63) is 82.2 Å². The molecule has 0 atom stereocenters. The van der Waals surface area contributed by atoms with Gasteiger partial charge in [-0.05, 0) is 81.6 Å². The van der Waals surface area contributed by atoms with Crippen molar-refractivity contribution in [2.24, 2.45) is 0 Å². The van der Waals surface area contributed by atoms with Gasteiger partial charge in [0, 0.05) is 29.3 Å². The molecule has 0 unspecified atom stereocenters. The van der Waals surface area contributed by atoms with Crippen LogP contribution in [0.3, 0.4) is 0 Å². The number of nitrogens with one attached hydrogen (secondary N) is 2. The molecule has 2 amide bonds. The molecule has 0 spiro atoms. The van der Waals surface area contributed by atoms with Gasteiger partial charge in [0.2, 0.25) is 0 Å². The van der Waals surface area contributed by atoms with Crippen molar-refractivity contribution in [2.75, 3.05) is 5.32 Å². The van der Waals surface area contributed by atoms with E-state index in [1.807, 2.05) is 26.0 Å². The number of carbonyl (C=O) groups is 1. The van der Waals surface area contributed by atoms with E-state index in [1.54, 1.807) is 0 Å². The third-order valence-electron chi connectivity index (χ3n) is 4.75. The van der Waals surface area contributed by atoms with Crippen molar-refractivity contribution < 1.29 is 4.79 Å². The summed E-state index contributed by atoms with van der Waals surface area (Å²) in [4.78, 5) is 12.3. The van der Waals surface area contributed by atoms with Crippen molar-refractivity contribution >= 4 is 11.7 Å². The average molecular weight is 361 g/mol. The van der Waals surface area contributed by atoms with E-state index in [1.165, 1.54) is 5.56 Å². The number of benzene rings is 2. The van der Waals surface area contributed by atoms with Crippen molar-refractivity contribution in [1.82, 2.24) is 9.88 Å². The van der Waals surface area contributed by atoms with Gasteiger partial charge in [-0.2, -0.15) is 0 Å². The molecule has 0 saturated heterocycles. The predicted molar refractivity (Wildman–Crippen MR) is 112 cm³/mol. The molecule has 2 N–H and O–H groups in total. The number of urea groups is 1. The zero-order chi connectivity index (χ0) is 19.6. The summed E-state index contributed by atoms with van der Waals surface area (Å²) in [5.74, 6) is 0. The highest BCUT2D eigenvalue weighted by Gasteiger charge is 2.12. The number of amides is 2. The zero-order valence-electron chi connectivity index (χ0n) is 16.7. The maximum atomic E-state index is 12.3. The Labute approximate surface area is 161 Å². The molecule has 0 bridgehead atoms. The lowest BCUT2D eigenvalue weighted by Gasteiger charge is -2.11. The number of carbonyl (C=O) groups excluding carboxylic acids is 1. The van der Waals surface area contributed by atoms with Crippen LogP contribution in [0.2, 0.25) is 0 Å². The third kappa shape index (κ3) is 4.40. The van der Waals surface area contributed by atoms with Gasteiger partial charge < -0.3 is 15.2 Å². The van der Waals surface area contributed by atoms with Crippen LogP contribution in [0.5, 0.6) is 0 Å². The summed E-state index contributed by atoms with van der Waals surface area (Å²) in [5, 5.41) is 5.88. The van der Waals surface area contributed by atoms with Crippen LogP contribution in [0, 0.1) is 34.6 Å². The summed E-state index contributed by atoms with van der Waals surface area (Å²) in [6, 6.07) is 16.4. The van der Waals surface area contributed by atoms with Crippen LogP contribution in [0.4, 0.5) is 10.5 Å². The van der Waals surface area contributed by atoms with E-state index in [4.69, 9.17) is 0 Å². The van der Waals surface area contributed by atoms with Crippen molar-refractivity contribution in [2.45, 2.75) is 41.2 Å². The number of aromatic nitrogens is 1. The normalized spacial score (nSPS) is 10.7. The molecule has 0 aliphatic carbocycles. The number of rotatable bonds is 4. The van der Waals surface area contributed by atoms with E-state index >= 15 is 0 Å². The van der Waals surface area contributed by atoms with Gasteiger partial charge in [-0.1, -0.05) is 23.8 Å². The van der Waals surface area contributed by atoms with E-state index in [2.05, 4.69) is 72.4 Å². The molecule has 140 valence electrons. The van der Waals surface area contributed by atoms with Crippen LogP contribution in [0.1, 0.15) is 33.6 Å². The summed E-state index contributed by atoms with van der Waals surface area (Å²) >= 11 is 0. The Morgan fingerprint density at radius 2 is 1.48 bits per heavy atom. The highest BCUT2D eigenvalue weighted by molar-refractivity contribution is 5.89. The van der Waals surface area contributed by atoms with Gasteiger partial charge in [0.15, 0.2) is 0 Å². The average Bonchev–Trinajstić information content (AvgIpc) is 2.87. The summed E-state index contributed by atoms with van der Waals surface area (Å²) in [5.41, 5.74) is 8.87. The zero-order valence-corrected chi connectivity index (χ0v) is 16.7. The summed E-state index contributed by atoms with van der Waals surface area (Å²) < 4.78 is 2.22. The first-order chi connectivity index (χ1) is 12.8. The second-order valence-electron chi connectivity index (χ2n) is 7.25. The molecule has 0 aliphatic rings. The summed E-state index contributed by atoms with van der Waals surface area (Å²) in [7, 11) is 0. The fourth-order valence-electron chi connectivity index (χ4n) is 3.50. The van der Waals surface area contributed by atoms with Gasteiger partial charge >= 0.3 is 6.03 Å². The molecule has 0 saturated carbocycles. The molecule has 27 heavy (non-hydrogen) atoms. The van der Waals surface area contributed by atoms with Crippen LogP contribution in [0.25, 0.3) is 5.69 Å². The van der Waals surface area contributed by atoms with Crippen LogP contribution in [-0.2, 0) is 6.54 Å². The summed E-state index contributed by atoms with van der Waals surface area (Å²) in [6.45, 7) is 10.8. The van der Waals surface area contributed by atoms with Gasteiger partial charge in [0.25, 0.3) is 0 Å². The summed E-state index contributed by atoms with van der Waals surface area (Å²) in [6.07, 6.45) is 0. The van der Waals surface area contributed by atoms with Crippen molar-refractivity contribution in [3.63, 3.8) is 0 Å². The molecule has 0 radical (unpaired) electrons. The Morgan fingerprint density at radius 3 is 2.11 bits per heavy atom. The smallest absolute Gasteiger partial charge is 0.319 e. The van der Waals surface area contributed by atoms with E-state index in [-0.39, 0.29) is 6.03 Å². The Kier molecular flexibility index (Phi) is 5.36. The maximum Gasteiger partial charge on any atom is 0.319 e. The first-order valence-corrected chi connectivity index (χ1v) is 9.21. The molecule has 3 rings (SSSR count). The highest BCUT2D eigenvalue weighted by Crippen LogP contribution is 2.21. The lowest BCUT2D eigenvalue weighted by atomic mass is 10.1. The number of nitrogens with zero attached hydrogens (tertiary/aromatic N) is 1. The second kappa shape index (κ2) is 7.70. The lowest BCUT2D eigenvalue weighted by Crippen LogP contribution is -2.28. The van der Waals surface area contributed by atoms with Crippen LogP contribution < -0.4 is 10.6 Å². The second-order valence-corrected chi connectivity index (χ2v) is 7.25. The molecular weight excluding hydrogens is 334 g/mol. The van der Waals surface area contributed by atoms with E-state index in [0.717, 1.165) is 39.5 Å². The predicted octanol–water partition coefficient (Wildman–Crippen LogP) is 5.34. The minimum atomic E-state index is -0.194. The topological polar surface area (TPSA) is 46.1 Å². The number of aryl methyl sites for hydroxylation is 4. The molecule has 2 aromatic carbocycles. The minimum absolute atomic E-state index is 0.194. The van der Waals surface area contributed by atoms with Crippen LogP contribution >= 0.6 is 0 Å². The molecule has 3 aromatic rings. The molecule has 4 heteroatoms. The molecule has 0 aliphatic heterocycles. The van der Waals surface area contributed by atoms with Gasteiger partial charge in [0.1, 0.15) is 0 Å². The Bertz CT molecular complexity index is 948. The van der Waals surface area contributed by atoms with E-state index in [0.29, 0.717) is 6.54 Å². The monoisotopic (exact) mass is 361 g/mol. The Balaban J connectivity index is 1.70.